The first kappa shape index (κ1) is 9.50. The number of hydrogen-bond acceptors (Lipinski definition) is 4. The Morgan fingerprint density at radius 3 is 2.50 bits per heavy atom. The van der Waals surface area contributed by atoms with Crippen molar-refractivity contribution in [1.82, 2.24) is 0 Å². The Bertz CT molecular complexity index is 405. The molecule has 1 rings (SSSR count). The summed E-state index contributed by atoms with van der Waals surface area (Å²) in [6, 6.07) is 1.20. The van der Waals surface area contributed by atoms with E-state index in [9.17, 15) is 13.2 Å². The van der Waals surface area contributed by atoms with Crippen LogP contribution in [0.2, 0.25) is 0 Å². The van der Waals surface area contributed by atoms with Crippen LogP contribution in [0.5, 0.6) is 0 Å². The Balaban J connectivity index is 3.36. The van der Waals surface area contributed by atoms with E-state index in [-0.39, 0.29) is 9.77 Å². The van der Waals surface area contributed by atoms with Crippen molar-refractivity contribution < 1.29 is 18.3 Å². The molecule has 0 atom stereocenters. The van der Waals surface area contributed by atoms with Crippen LogP contribution in [0.4, 0.5) is 0 Å². The van der Waals surface area contributed by atoms with Gasteiger partial charge in [-0.25, -0.2) is 13.2 Å². The maximum atomic E-state index is 10.7. The smallest absolute Gasteiger partial charge is 0.337 e. The van der Waals surface area contributed by atoms with Crippen LogP contribution in [0.25, 0.3) is 0 Å². The van der Waals surface area contributed by atoms with Gasteiger partial charge >= 0.3 is 5.97 Å². The van der Waals surface area contributed by atoms with E-state index >= 15 is 0 Å². The van der Waals surface area contributed by atoms with Crippen molar-refractivity contribution >= 4 is 37.0 Å². The molecule has 0 aromatic carbocycles. The zero-order chi connectivity index (χ0) is 9.35. The Hall–Kier alpha value is -0.590. The van der Waals surface area contributed by atoms with Gasteiger partial charge < -0.3 is 5.11 Å². The predicted molar refractivity (Wildman–Crippen MR) is 44.3 cm³/mol. The standard InChI is InChI=1S/C5H3ClO4S2/c6-12(9,10)5-3(4(7)8)1-2-11-5/h1-2H,(H,7,8). The van der Waals surface area contributed by atoms with Gasteiger partial charge in [-0.1, -0.05) is 0 Å². The summed E-state index contributed by atoms with van der Waals surface area (Å²) in [7, 11) is 1.04. The average Bonchev–Trinajstić information content (AvgIpc) is 2.30. The zero-order valence-corrected chi connectivity index (χ0v) is 7.91. The van der Waals surface area contributed by atoms with E-state index in [1.54, 1.807) is 0 Å². The van der Waals surface area contributed by atoms with Gasteiger partial charge in [0.25, 0.3) is 9.05 Å². The molecule has 0 bridgehead atoms. The third-order valence-electron chi connectivity index (χ3n) is 1.08. The maximum Gasteiger partial charge on any atom is 0.337 e. The van der Waals surface area contributed by atoms with Gasteiger partial charge in [0.1, 0.15) is 4.21 Å². The highest BCUT2D eigenvalue weighted by Crippen LogP contribution is 2.25. The molecular weight excluding hydrogens is 224 g/mol. The van der Waals surface area contributed by atoms with E-state index < -0.39 is 15.0 Å². The molecule has 0 spiro atoms. The second-order valence-electron chi connectivity index (χ2n) is 1.86. The number of thiophene rings is 1. The molecule has 0 aliphatic rings. The van der Waals surface area contributed by atoms with Crippen molar-refractivity contribution in [2.45, 2.75) is 4.21 Å². The first-order valence-electron chi connectivity index (χ1n) is 2.68. The number of aromatic carboxylic acids is 1. The molecule has 12 heavy (non-hydrogen) atoms. The van der Waals surface area contributed by atoms with Crippen LogP contribution in [0.1, 0.15) is 10.4 Å². The molecule has 7 heteroatoms. The van der Waals surface area contributed by atoms with Gasteiger partial charge in [0.05, 0.1) is 5.56 Å². The first-order valence-corrected chi connectivity index (χ1v) is 5.87. The predicted octanol–water partition coefficient (Wildman–Crippen LogP) is 1.37. The van der Waals surface area contributed by atoms with Gasteiger partial charge in [0.2, 0.25) is 0 Å². The van der Waals surface area contributed by atoms with E-state index in [0.29, 0.717) is 0 Å². The average molecular weight is 227 g/mol. The second kappa shape index (κ2) is 3.04. The molecule has 66 valence electrons. The molecule has 0 aliphatic heterocycles. The summed E-state index contributed by atoms with van der Waals surface area (Å²) in [6.45, 7) is 0. The van der Waals surface area contributed by atoms with Crippen LogP contribution in [0.3, 0.4) is 0 Å². The van der Waals surface area contributed by atoms with Crippen LogP contribution in [0.15, 0.2) is 15.7 Å². The normalized spacial score (nSPS) is 11.4. The van der Waals surface area contributed by atoms with Gasteiger partial charge in [0, 0.05) is 10.7 Å². The zero-order valence-electron chi connectivity index (χ0n) is 5.52. The highest BCUT2D eigenvalue weighted by molar-refractivity contribution is 8.15. The number of carboxylic acids is 1. The topological polar surface area (TPSA) is 71.4 Å². The summed E-state index contributed by atoms with van der Waals surface area (Å²) in [5, 5.41) is 9.86. The Labute approximate surface area is 76.8 Å². The maximum absolute atomic E-state index is 10.7. The molecule has 1 heterocycles. The number of hydrogen-bond donors (Lipinski definition) is 1. The van der Waals surface area contributed by atoms with E-state index in [4.69, 9.17) is 15.8 Å². The summed E-state index contributed by atoms with van der Waals surface area (Å²) in [6.07, 6.45) is 0. The Kier molecular flexibility index (Phi) is 2.41. The van der Waals surface area contributed by atoms with E-state index in [1.165, 1.54) is 11.4 Å². The molecular formula is C5H3ClO4S2. The first-order chi connectivity index (χ1) is 5.43. The molecule has 0 amide bonds. The number of carbonyl (C=O) groups is 1. The van der Waals surface area contributed by atoms with Crippen molar-refractivity contribution in [3.8, 4) is 0 Å². The lowest BCUT2D eigenvalue weighted by molar-refractivity contribution is 0.0694. The fraction of sp³-hybridized carbons (Fsp3) is 0. The lowest BCUT2D eigenvalue weighted by Crippen LogP contribution is -2.00. The largest absolute Gasteiger partial charge is 0.478 e. The summed E-state index contributed by atoms with van der Waals surface area (Å²) >= 11 is 0.784. The lowest BCUT2D eigenvalue weighted by Gasteiger charge is -1.92. The molecule has 0 aliphatic carbocycles. The quantitative estimate of drug-likeness (QED) is 0.774. The SMILES string of the molecule is O=C(O)c1ccsc1S(=O)(=O)Cl. The van der Waals surface area contributed by atoms with Gasteiger partial charge in [-0.15, -0.1) is 11.3 Å². The Morgan fingerprint density at radius 2 is 2.17 bits per heavy atom. The minimum absolute atomic E-state index is 0.282. The van der Waals surface area contributed by atoms with Gasteiger partial charge in [-0.2, -0.15) is 0 Å². The fourth-order valence-electron chi connectivity index (χ4n) is 0.643. The fourth-order valence-corrected chi connectivity index (χ4v) is 2.87. The van der Waals surface area contributed by atoms with Crippen molar-refractivity contribution in [2.75, 3.05) is 0 Å². The van der Waals surface area contributed by atoms with Crippen molar-refractivity contribution in [1.29, 1.82) is 0 Å². The van der Waals surface area contributed by atoms with E-state index in [0.717, 1.165) is 11.3 Å². The van der Waals surface area contributed by atoms with Crippen LogP contribution < -0.4 is 0 Å². The molecule has 1 N–H and O–H groups in total. The van der Waals surface area contributed by atoms with Crippen molar-refractivity contribution in [3.05, 3.63) is 17.0 Å². The molecule has 4 nitrogen and oxygen atoms in total. The molecule has 1 aromatic rings. The second-order valence-corrected chi connectivity index (χ2v) is 5.54. The van der Waals surface area contributed by atoms with Crippen LogP contribution in [0, 0.1) is 0 Å². The summed E-state index contributed by atoms with van der Waals surface area (Å²) in [5.41, 5.74) is -0.282. The molecule has 0 saturated carbocycles. The highest BCUT2D eigenvalue weighted by atomic mass is 35.7. The van der Waals surface area contributed by atoms with Crippen LogP contribution in [-0.4, -0.2) is 19.5 Å². The summed E-state index contributed by atoms with van der Waals surface area (Å²) in [5.74, 6) is -1.30. The van der Waals surface area contributed by atoms with Crippen molar-refractivity contribution in [2.24, 2.45) is 0 Å². The van der Waals surface area contributed by atoms with Crippen LogP contribution in [-0.2, 0) is 9.05 Å². The number of rotatable bonds is 2. The van der Waals surface area contributed by atoms with Crippen molar-refractivity contribution in [3.63, 3.8) is 0 Å². The highest BCUT2D eigenvalue weighted by Gasteiger charge is 2.21. The van der Waals surface area contributed by atoms with Crippen LogP contribution >= 0.6 is 22.0 Å². The van der Waals surface area contributed by atoms with Gasteiger partial charge in [-0.3, -0.25) is 0 Å². The monoisotopic (exact) mass is 226 g/mol. The third-order valence-corrected chi connectivity index (χ3v) is 4.13. The molecule has 0 fully saturated rings. The van der Waals surface area contributed by atoms with E-state index in [1.807, 2.05) is 0 Å². The van der Waals surface area contributed by atoms with Gasteiger partial charge in [0.15, 0.2) is 0 Å². The molecule has 0 saturated heterocycles. The van der Waals surface area contributed by atoms with Gasteiger partial charge in [-0.05, 0) is 11.4 Å². The molecule has 0 radical (unpaired) electrons. The summed E-state index contributed by atoms with van der Waals surface area (Å²) in [4.78, 5) is 10.4. The molecule has 1 aromatic heterocycles. The number of halogens is 1. The minimum atomic E-state index is -3.93. The third kappa shape index (κ3) is 1.77. The number of carboxylic acid groups (broad SMARTS) is 1. The summed E-state index contributed by atoms with van der Waals surface area (Å²) < 4.78 is 21.1. The minimum Gasteiger partial charge on any atom is -0.478 e. The molecule has 0 unspecified atom stereocenters. The lowest BCUT2D eigenvalue weighted by atomic mass is 10.4. The Morgan fingerprint density at radius 1 is 1.58 bits per heavy atom. The van der Waals surface area contributed by atoms with E-state index in [2.05, 4.69) is 0 Å².